The number of carboxylic acid groups (broad SMARTS) is 1. The van der Waals surface area contributed by atoms with Crippen LogP contribution in [0.2, 0.25) is 0 Å². The molecule has 0 aliphatic heterocycles. The maximum atomic E-state index is 11.1. The van der Waals surface area contributed by atoms with Crippen LogP contribution in [0.25, 0.3) is 0 Å². The highest BCUT2D eigenvalue weighted by molar-refractivity contribution is 5.75. The van der Waals surface area contributed by atoms with Gasteiger partial charge in [-0.1, -0.05) is 12.1 Å². The number of carbonyl (C=O) groups excluding carboxylic acids is 1. The number of aliphatic carboxylic acids is 1. The number of carbonyl (C=O) groups is 2. The third kappa shape index (κ3) is 4.42. The van der Waals surface area contributed by atoms with Crippen LogP contribution in [-0.2, 0) is 9.59 Å². The molecule has 0 fully saturated rings. The van der Waals surface area contributed by atoms with Crippen molar-refractivity contribution in [2.75, 3.05) is 13.1 Å². The molecule has 6 nitrogen and oxygen atoms in total. The first-order chi connectivity index (χ1) is 8.50. The number of phenolic OH excluding ortho intramolecular Hbond substituents is 1. The topological polar surface area (TPSA) is 98.7 Å². The van der Waals surface area contributed by atoms with Crippen molar-refractivity contribution >= 4 is 11.9 Å². The quantitative estimate of drug-likeness (QED) is 0.544. The first-order valence-electron chi connectivity index (χ1n) is 5.50. The summed E-state index contributed by atoms with van der Waals surface area (Å²) in [7, 11) is 0. The zero-order chi connectivity index (χ0) is 13.5. The van der Waals surface area contributed by atoms with Crippen LogP contribution in [0.15, 0.2) is 24.3 Å². The number of amides is 1. The molecule has 1 amide bonds. The summed E-state index contributed by atoms with van der Waals surface area (Å²) in [5.74, 6) is -1.19. The molecule has 0 heterocycles. The predicted octanol–water partition coefficient (Wildman–Crippen LogP) is 0.244. The van der Waals surface area contributed by atoms with E-state index in [-0.39, 0.29) is 11.7 Å². The lowest BCUT2D eigenvalue weighted by Gasteiger charge is -2.15. The van der Waals surface area contributed by atoms with Crippen molar-refractivity contribution in [1.82, 2.24) is 10.6 Å². The van der Waals surface area contributed by atoms with Crippen molar-refractivity contribution in [3.63, 3.8) is 0 Å². The number of nitrogens with one attached hydrogen (secondary N) is 2. The van der Waals surface area contributed by atoms with Gasteiger partial charge in [-0.05, 0) is 17.7 Å². The maximum Gasteiger partial charge on any atom is 0.325 e. The molecule has 0 aromatic heterocycles. The molecule has 0 aliphatic rings. The average molecular weight is 252 g/mol. The smallest absolute Gasteiger partial charge is 0.325 e. The Bertz CT molecular complexity index is 434. The molecule has 6 heteroatoms. The van der Waals surface area contributed by atoms with Crippen molar-refractivity contribution in [2.45, 2.75) is 13.0 Å². The van der Waals surface area contributed by atoms with E-state index in [1.165, 1.54) is 19.1 Å². The zero-order valence-electron chi connectivity index (χ0n) is 10.0. The van der Waals surface area contributed by atoms with Gasteiger partial charge in [0, 0.05) is 20.0 Å². The number of aromatic hydroxyl groups is 1. The molecule has 4 N–H and O–H groups in total. The van der Waals surface area contributed by atoms with Crippen LogP contribution in [-0.4, -0.2) is 35.2 Å². The summed E-state index contributed by atoms with van der Waals surface area (Å²) in [6.45, 7) is 2.06. The first-order valence-corrected chi connectivity index (χ1v) is 5.50. The largest absolute Gasteiger partial charge is 0.508 e. The third-order valence-corrected chi connectivity index (χ3v) is 2.30. The number of phenols is 1. The molecule has 0 radical (unpaired) electrons. The van der Waals surface area contributed by atoms with E-state index in [0.29, 0.717) is 18.7 Å². The molecule has 1 unspecified atom stereocenters. The molecule has 1 aromatic rings. The minimum Gasteiger partial charge on any atom is -0.508 e. The predicted molar refractivity (Wildman–Crippen MR) is 65.2 cm³/mol. The summed E-state index contributed by atoms with van der Waals surface area (Å²) in [4.78, 5) is 21.8. The highest BCUT2D eigenvalue weighted by Crippen LogP contribution is 2.18. The van der Waals surface area contributed by atoms with Crippen molar-refractivity contribution < 1.29 is 19.8 Å². The van der Waals surface area contributed by atoms with Gasteiger partial charge in [-0.2, -0.15) is 0 Å². The van der Waals surface area contributed by atoms with Crippen LogP contribution in [0.3, 0.4) is 0 Å². The molecular weight excluding hydrogens is 236 g/mol. The molecule has 0 aliphatic carbocycles. The van der Waals surface area contributed by atoms with Crippen molar-refractivity contribution in [3.05, 3.63) is 29.8 Å². The summed E-state index contributed by atoms with van der Waals surface area (Å²) >= 11 is 0. The minimum absolute atomic E-state index is 0.0161. The monoisotopic (exact) mass is 252 g/mol. The van der Waals surface area contributed by atoms with Gasteiger partial charge < -0.3 is 15.5 Å². The van der Waals surface area contributed by atoms with E-state index in [4.69, 9.17) is 5.11 Å². The number of rotatable bonds is 6. The molecule has 98 valence electrons. The zero-order valence-corrected chi connectivity index (χ0v) is 10.0. The van der Waals surface area contributed by atoms with Gasteiger partial charge >= 0.3 is 5.97 Å². The Kier molecular flexibility index (Phi) is 5.13. The fourth-order valence-corrected chi connectivity index (χ4v) is 1.51. The van der Waals surface area contributed by atoms with E-state index < -0.39 is 12.0 Å². The summed E-state index contributed by atoms with van der Waals surface area (Å²) in [6.07, 6.45) is 0. The molecule has 0 bridgehead atoms. The Labute approximate surface area is 105 Å². The second kappa shape index (κ2) is 6.61. The fourth-order valence-electron chi connectivity index (χ4n) is 1.51. The molecule has 18 heavy (non-hydrogen) atoms. The van der Waals surface area contributed by atoms with Gasteiger partial charge in [0.25, 0.3) is 0 Å². The van der Waals surface area contributed by atoms with Gasteiger partial charge in [0.1, 0.15) is 11.8 Å². The summed E-state index contributed by atoms with van der Waals surface area (Å²) in [5.41, 5.74) is 0.463. The van der Waals surface area contributed by atoms with Crippen LogP contribution < -0.4 is 10.6 Å². The summed E-state index contributed by atoms with van der Waals surface area (Å²) < 4.78 is 0. The number of benzene rings is 1. The molecule has 1 rings (SSSR count). The van der Waals surface area contributed by atoms with Crippen LogP contribution in [0.5, 0.6) is 5.75 Å². The summed E-state index contributed by atoms with van der Waals surface area (Å²) in [6, 6.07) is 5.15. The fraction of sp³-hybridized carbons (Fsp3) is 0.333. The van der Waals surface area contributed by atoms with E-state index in [1.54, 1.807) is 12.1 Å². The van der Waals surface area contributed by atoms with Crippen LogP contribution in [0.1, 0.15) is 18.5 Å². The number of hydrogen-bond donors (Lipinski definition) is 4. The Morgan fingerprint density at radius 3 is 2.61 bits per heavy atom. The van der Waals surface area contributed by atoms with E-state index in [1.807, 2.05) is 0 Å². The van der Waals surface area contributed by atoms with Crippen LogP contribution in [0, 0.1) is 0 Å². The molecule has 1 aromatic carbocycles. The van der Waals surface area contributed by atoms with Crippen LogP contribution >= 0.6 is 0 Å². The second-order valence-electron chi connectivity index (χ2n) is 3.80. The van der Waals surface area contributed by atoms with E-state index in [2.05, 4.69) is 10.6 Å². The number of carboxylic acids is 1. The average Bonchev–Trinajstić information content (AvgIpc) is 2.27. The van der Waals surface area contributed by atoms with Crippen molar-refractivity contribution in [1.29, 1.82) is 0 Å². The highest BCUT2D eigenvalue weighted by atomic mass is 16.4. The second-order valence-corrected chi connectivity index (χ2v) is 3.80. The molecule has 0 saturated heterocycles. The van der Waals surface area contributed by atoms with E-state index in [0.717, 1.165) is 0 Å². The lowest BCUT2D eigenvalue weighted by atomic mass is 10.1. The van der Waals surface area contributed by atoms with Crippen molar-refractivity contribution in [3.8, 4) is 5.75 Å². The van der Waals surface area contributed by atoms with Gasteiger partial charge in [0.05, 0.1) is 0 Å². The Morgan fingerprint density at radius 1 is 1.33 bits per heavy atom. The van der Waals surface area contributed by atoms with Gasteiger partial charge in [-0.3, -0.25) is 14.9 Å². The van der Waals surface area contributed by atoms with Gasteiger partial charge in [0.15, 0.2) is 0 Å². The molecule has 0 spiro atoms. The van der Waals surface area contributed by atoms with Gasteiger partial charge in [-0.25, -0.2) is 0 Å². The van der Waals surface area contributed by atoms with E-state index >= 15 is 0 Å². The Balaban J connectivity index is 2.60. The minimum atomic E-state index is -1.04. The van der Waals surface area contributed by atoms with Crippen LogP contribution in [0.4, 0.5) is 0 Å². The lowest BCUT2D eigenvalue weighted by Crippen LogP contribution is -2.35. The lowest BCUT2D eigenvalue weighted by molar-refractivity contribution is -0.139. The SMILES string of the molecule is CC(=O)NCCNC(C(=O)O)c1cccc(O)c1. The Hall–Kier alpha value is -2.08. The summed E-state index contributed by atoms with van der Waals surface area (Å²) in [5, 5.41) is 23.8. The van der Waals surface area contributed by atoms with Crippen molar-refractivity contribution in [2.24, 2.45) is 0 Å². The molecular formula is C12H16N2O4. The third-order valence-electron chi connectivity index (χ3n) is 2.30. The highest BCUT2D eigenvalue weighted by Gasteiger charge is 2.18. The first kappa shape index (κ1) is 14.0. The molecule has 1 atom stereocenters. The van der Waals surface area contributed by atoms with Gasteiger partial charge in [0.2, 0.25) is 5.91 Å². The standard InChI is InChI=1S/C12H16N2O4/c1-8(15)13-5-6-14-11(12(17)18)9-3-2-4-10(16)7-9/h2-4,7,11,14,16H,5-6H2,1H3,(H,13,15)(H,17,18). The normalized spacial score (nSPS) is 11.8. The van der Waals surface area contributed by atoms with Gasteiger partial charge in [-0.15, -0.1) is 0 Å². The maximum absolute atomic E-state index is 11.1. The Morgan fingerprint density at radius 2 is 2.06 bits per heavy atom. The molecule has 0 saturated carbocycles. The number of hydrogen-bond acceptors (Lipinski definition) is 4. The van der Waals surface area contributed by atoms with E-state index in [9.17, 15) is 14.7 Å².